The minimum absolute atomic E-state index is 0.101. The fourth-order valence-electron chi connectivity index (χ4n) is 3.64. The molecule has 0 aliphatic carbocycles. The van der Waals surface area contributed by atoms with Crippen LogP contribution in [-0.4, -0.2) is 69.1 Å². The zero-order chi connectivity index (χ0) is 14.7. The Bertz CT molecular complexity index is 429. The van der Waals surface area contributed by atoms with Crippen molar-refractivity contribution in [2.24, 2.45) is 0 Å². The minimum Gasteiger partial charge on any atom is -0.378 e. The van der Waals surface area contributed by atoms with Crippen molar-refractivity contribution in [2.75, 3.05) is 39.4 Å². The van der Waals surface area contributed by atoms with Gasteiger partial charge in [0.15, 0.2) is 0 Å². The van der Waals surface area contributed by atoms with E-state index in [0.29, 0.717) is 26.3 Å². The molecule has 0 aromatic carbocycles. The molecule has 2 atom stereocenters. The third-order valence-electron chi connectivity index (χ3n) is 4.87. The summed E-state index contributed by atoms with van der Waals surface area (Å²) in [6.45, 7) is 4.57. The van der Waals surface area contributed by atoms with Crippen LogP contribution in [-0.2, 0) is 14.9 Å². The molecule has 3 aliphatic rings. The summed E-state index contributed by atoms with van der Waals surface area (Å²) in [5.74, 6) is 0. The molecule has 0 bridgehead atoms. The molecule has 1 N–H and O–H groups in total. The highest BCUT2D eigenvalue weighted by molar-refractivity contribution is 7.87. The maximum Gasteiger partial charge on any atom is 0.279 e. The average Bonchev–Trinajstić information content (AvgIpc) is 3.03. The Hall–Kier alpha value is -0.210. The van der Waals surface area contributed by atoms with Crippen LogP contribution in [0.1, 0.15) is 38.5 Å². The largest absolute Gasteiger partial charge is 0.378 e. The van der Waals surface area contributed by atoms with Gasteiger partial charge in [0.25, 0.3) is 10.2 Å². The van der Waals surface area contributed by atoms with Gasteiger partial charge in [0.05, 0.1) is 25.3 Å². The molecule has 0 radical (unpaired) electrons. The Morgan fingerprint density at radius 2 is 1.48 bits per heavy atom. The molecule has 0 spiro atoms. The first-order valence-electron chi connectivity index (χ1n) is 8.26. The van der Waals surface area contributed by atoms with E-state index in [1.807, 2.05) is 0 Å². The van der Waals surface area contributed by atoms with Crippen molar-refractivity contribution < 1.29 is 13.2 Å². The normalized spacial score (nSPS) is 33.3. The second kappa shape index (κ2) is 6.91. The van der Waals surface area contributed by atoms with E-state index in [0.717, 1.165) is 38.8 Å². The number of ether oxygens (including phenoxy) is 1. The summed E-state index contributed by atoms with van der Waals surface area (Å²) in [4.78, 5) is 2.38. The van der Waals surface area contributed by atoms with Gasteiger partial charge in [-0.3, -0.25) is 4.90 Å². The van der Waals surface area contributed by atoms with Crippen LogP contribution in [0, 0.1) is 0 Å². The lowest BCUT2D eigenvalue weighted by molar-refractivity contribution is 0.159. The van der Waals surface area contributed by atoms with Crippen molar-refractivity contribution in [1.29, 1.82) is 0 Å². The van der Waals surface area contributed by atoms with Crippen molar-refractivity contribution >= 4 is 10.2 Å². The molecule has 3 aliphatic heterocycles. The van der Waals surface area contributed by atoms with Crippen LogP contribution in [0.2, 0.25) is 0 Å². The molecule has 0 amide bonds. The quantitative estimate of drug-likeness (QED) is 0.823. The van der Waals surface area contributed by atoms with Crippen molar-refractivity contribution in [1.82, 2.24) is 13.9 Å². The average molecular weight is 317 g/mol. The second-order valence-corrected chi connectivity index (χ2v) is 8.09. The monoisotopic (exact) mass is 317 g/mol. The van der Waals surface area contributed by atoms with E-state index in [1.165, 1.54) is 12.8 Å². The van der Waals surface area contributed by atoms with E-state index in [9.17, 15) is 8.42 Å². The zero-order valence-electron chi connectivity index (χ0n) is 12.7. The van der Waals surface area contributed by atoms with E-state index in [-0.39, 0.29) is 12.1 Å². The Morgan fingerprint density at radius 3 is 2.14 bits per heavy atom. The van der Waals surface area contributed by atoms with Gasteiger partial charge in [-0.05, 0) is 38.8 Å². The van der Waals surface area contributed by atoms with Crippen LogP contribution >= 0.6 is 0 Å². The number of hydrogen-bond acceptors (Lipinski definition) is 4. The van der Waals surface area contributed by atoms with Crippen LogP contribution in [0.4, 0.5) is 0 Å². The van der Waals surface area contributed by atoms with Crippen LogP contribution in [0.5, 0.6) is 0 Å². The molecule has 122 valence electrons. The molecule has 0 aromatic heterocycles. The maximum atomic E-state index is 12.6. The van der Waals surface area contributed by atoms with Gasteiger partial charge in [-0.2, -0.15) is 17.4 Å². The van der Waals surface area contributed by atoms with Crippen molar-refractivity contribution in [3.05, 3.63) is 0 Å². The van der Waals surface area contributed by atoms with Crippen molar-refractivity contribution in [3.63, 3.8) is 0 Å². The first kappa shape index (κ1) is 15.7. The fourth-order valence-corrected chi connectivity index (χ4v) is 5.13. The summed E-state index contributed by atoms with van der Waals surface area (Å²) in [5.41, 5.74) is 0. The van der Waals surface area contributed by atoms with Gasteiger partial charge in [0.1, 0.15) is 0 Å². The summed E-state index contributed by atoms with van der Waals surface area (Å²) in [5, 5.41) is 0. The highest BCUT2D eigenvalue weighted by atomic mass is 32.2. The number of rotatable bonds is 4. The van der Waals surface area contributed by atoms with E-state index in [4.69, 9.17) is 4.74 Å². The first-order chi connectivity index (χ1) is 10.2. The molecule has 7 heteroatoms. The second-order valence-electron chi connectivity index (χ2n) is 6.39. The van der Waals surface area contributed by atoms with E-state index < -0.39 is 10.2 Å². The summed E-state index contributed by atoms with van der Waals surface area (Å²) in [6.07, 6.45) is 6.63. The Morgan fingerprint density at radius 1 is 0.857 bits per heavy atom. The van der Waals surface area contributed by atoms with Gasteiger partial charge in [0.2, 0.25) is 0 Å². The molecule has 3 heterocycles. The summed E-state index contributed by atoms with van der Waals surface area (Å²) in [7, 11) is -3.38. The molecular weight excluding hydrogens is 290 g/mol. The first-order valence-corrected chi connectivity index (χ1v) is 9.70. The summed E-state index contributed by atoms with van der Waals surface area (Å²) >= 11 is 0. The number of nitrogens with one attached hydrogen (secondary N) is 1. The molecule has 0 unspecified atom stereocenters. The Kier molecular flexibility index (Phi) is 5.16. The summed E-state index contributed by atoms with van der Waals surface area (Å²) in [6, 6.07) is 0.102. The van der Waals surface area contributed by atoms with Crippen molar-refractivity contribution in [2.45, 2.75) is 50.6 Å². The number of likely N-dealkylation sites (tertiary alicyclic amines) is 1. The van der Waals surface area contributed by atoms with Crippen LogP contribution in [0.25, 0.3) is 0 Å². The molecule has 0 aromatic rings. The highest BCUT2D eigenvalue weighted by Crippen LogP contribution is 2.20. The van der Waals surface area contributed by atoms with E-state index in [2.05, 4.69) is 9.62 Å². The maximum absolute atomic E-state index is 12.6. The minimum atomic E-state index is -3.38. The Balaban J connectivity index is 1.63. The lowest BCUT2D eigenvalue weighted by atomic mass is 10.1. The summed E-state index contributed by atoms with van der Waals surface area (Å²) < 4.78 is 35.3. The van der Waals surface area contributed by atoms with E-state index >= 15 is 0 Å². The van der Waals surface area contributed by atoms with Gasteiger partial charge in [0, 0.05) is 13.1 Å². The predicted octanol–water partition coefficient (Wildman–Crippen LogP) is 0.560. The van der Waals surface area contributed by atoms with Gasteiger partial charge < -0.3 is 4.74 Å². The number of nitrogens with zero attached hydrogens (tertiary/aromatic N) is 2. The van der Waals surface area contributed by atoms with Gasteiger partial charge >= 0.3 is 0 Å². The van der Waals surface area contributed by atoms with Gasteiger partial charge in [-0.1, -0.05) is 12.8 Å². The van der Waals surface area contributed by atoms with Crippen LogP contribution in [0.3, 0.4) is 0 Å². The molecule has 3 fully saturated rings. The predicted molar refractivity (Wildman–Crippen MR) is 81.3 cm³/mol. The molecule has 6 nitrogen and oxygen atoms in total. The third-order valence-corrected chi connectivity index (χ3v) is 6.51. The van der Waals surface area contributed by atoms with Crippen molar-refractivity contribution in [3.8, 4) is 0 Å². The van der Waals surface area contributed by atoms with Crippen LogP contribution in [0.15, 0.2) is 0 Å². The SMILES string of the molecule is O=S(=O)(N[C@H]1COC[C@@H]1N1CCCC1)N1CCCCCC1. The third kappa shape index (κ3) is 3.76. The molecule has 21 heavy (non-hydrogen) atoms. The molecular formula is C14H27N3O3S. The topological polar surface area (TPSA) is 61.9 Å². The van der Waals surface area contributed by atoms with Gasteiger partial charge in [-0.15, -0.1) is 0 Å². The zero-order valence-corrected chi connectivity index (χ0v) is 13.5. The Labute approximate surface area is 128 Å². The van der Waals surface area contributed by atoms with E-state index in [1.54, 1.807) is 4.31 Å². The lowest BCUT2D eigenvalue weighted by Crippen LogP contribution is -2.53. The van der Waals surface area contributed by atoms with Gasteiger partial charge in [-0.25, -0.2) is 0 Å². The fraction of sp³-hybridized carbons (Fsp3) is 1.00. The number of hydrogen-bond donors (Lipinski definition) is 1. The van der Waals surface area contributed by atoms with Crippen LogP contribution < -0.4 is 4.72 Å². The lowest BCUT2D eigenvalue weighted by Gasteiger charge is -2.29. The molecule has 3 rings (SSSR count). The highest BCUT2D eigenvalue weighted by Gasteiger charge is 2.38. The standard InChI is InChI=1S/C14H27N3O3S/c18-21(19,17-9-3-1-2-4-10-17)15-13-11-20-12-14(13)16-7-5-6-8-16/h13-15H,1-12H2/t13-,14-/m0/s1. The smallest absolute Gasteiger partial charge is 0.279 e. The molecule has 0 saturated carbocycles. The molecule has 3 saturated heterocycles.